The Labute approximate surface area is 112 Å². The van der Waals surface area contributed by atoms with Crippen molar-refractivity contribution in [2.24, 2.45) is 5.92 Å². The van der Waals surface area contributed by atoms with E-state index < -0.39 is 0 Å². The van der Waals surface area contributed by atoms with E-state index in [1.807, 2.05) is 0 Å². The summed E-state index contributed by atoms with van der Waals surface area (Å²) in [5, 5.41) is 0. The summed E-state index contributed by atoms with van der Waals surface area (Å²) < 4.78 is 5.51. The molecule has 2 nitrogen and oxygen atoms in total. The fourth-order valence-corrected chi connectivity index (χ4v) is 2.62. The van der Waals surface area contributed by atoms with Crippen LogP contribution in [0.4, 0.5) is 0 Å². The van der Waals surface area contributed by atoms with Crippen LogP contribution in [0.5, 0.6) is 0 Å². The monoisotopic (exact) mass is 261 g/mol. The number of hydrogen-bond acceptors (Lipinski definition) is 2. The van der Waals surface area contributed by atoms with Gasteiger partial charge in [0.1, 0.15) is 0 Å². The predicted octanol–water partition coefficient (Wildman–Crippen LogP) is 3.53. The fraction of sp³-hybridized carbons (Fsp3) is 1.00. The van der Waals surface area contributed by atoms with Crippen LogP contribution in [0.2, 0.25) is 0 Å². The molecule has 0 bridgehead atoms. The van der Waals surface area contributed by atoms with Crippen molar-refractivity contribution in [2.75, 3.05) is 32.2 Å². The van der Waals surface area contributed by atoms with Gasteiger partial charge in [0.05, 0.1) is 13.2 Å². The maximum atomic E-state index is 5.61. The van der Waals surface area contributed by atoms with Gasteiger partial charge in [0, 0.05) is 18.5 Å². The van der Waals surface area contributed by atoms with E-state index in [1.54, 1.807) is 0 Å². The normalized spacial score (nSPS) is 17.5. The van der Waals surface area contributed by atoms with Crippen molar-refractivity contribution in [1.29, 1.82) is 0 Å². The van der Waals surface area contributed by atoms with E-state index in [2.05, 4.69) is 18.7 Å². The van der Waals surface area contributed by atoms with Crippen molar-refractivity contribution in [1.82, 2.24) is 4.90 Å². The van der Waals surface area contributed by atoms with Gasteiger partial charge in [-0.05, 0) is 31.7 Å². The highest BCUT2D eigenvalue weighted by Gasteiger charge is 2.21. The molecule has 0 radical (unpaired) electrons. The third-order valence-corrected chi connectivity index (χ3v) is 3.73. The molecule has 0 amide bonds. The molecule has 1 saturated carbocycles. The summed E-state index contributed by atoms with van der Waals surface area (Å²) in [5.74, 6) is 1.40. The van der Waals surface area contributed by atoms with Gasteiger partial charge in [-0.25, -0.2) is 0 Å². The number of rotatable bonds is 9. The van der Waals surface area contributed by atoms with E-state index in [0.717, 1.165) is 25.1 Å². The predicted molar refractivity (Wildman–Crippen MR) is 74.8 cm³/mol. The standard InChI is InChI=1S/C14H28ClNO/c1-13(2)7-9-16(10-12-17-11-8-15)14-5-3-4-6-14/h13-14H,3-12H2,1-2H3. The van der Waals surface area contributed by atoms with E-state index >= 15 is 0 Å². The minimum Gasteiger partial charge on any atom is -0.379 e. The van der Waals surface area contributed by atoms with Crippen molar-refractivity contribution in [3.05, 3.63) is 0 Å². The highest BCUT2D eigenvalue weighted by molar-refractivity contribution is 6.17. The second kappa shape index (κ2) is 9.18. The summed E-state index contributed by atoms with van der Waals surface area (Å²) in [7, 11) is 0. The molecule has 0 saturated heterocycles. The molecule has 0 atom stereocenters. The molecule has 3 heteroatoms. The molecule has 0 aromatic rings. The molecule has 0 unspecified atom stereocenters. The maximum absolute atomic E-state index is 5.61. The first-order chi connectivity index (χ1) is 8.24. The molecule has 1 aliphatic rings. The zero-order valence-corrected chi connectivity index (χ0v) is 12.2. The SMILES string of the molecule is CC(C)CCN(CCOCCCl)C1CCCC1. The molecule has 1 rings (SSSR count). The molecule has 1 fully saturated rings. The van der Waals surface area contributed by atoms with Gasteiger partial charge >= 0.3 is 0 Å². The van der Waals surface area contributed by atoms with Crippen LogP contribution >= 0.6 is 11.6 Å². The highest BCUT2D eigenvalue weighted by atomic mass is 35.5. The van der Waals surface area contributed by atoms with Crippen molar-refractivity contribution >= 4 is 11.6 Å². The molecule has 0 spiro atoms. The van der Waals surface area contributed by atoms with Gasteiger partial charge in [0.15, 0.2) is 0 Å². The second-order valence-corrected chi connectivity index (χ2v) is 5.84. The van der Waals surface area contributed by atoms with Gasteiger partial charge in [-0.3, -0.25) is 4.90 Å². The van der Waals surface area contributed by atoms with Crippen LogP contribution in [0.25, 0.3) is 0 Å². The Hall–Kier alpha value is 0.210. The van der Waals surface area contributed by atoms with Crippen LogP contribution in [0.15, 0.2) is 0 Å². The molecular formula is C14H28ClNO. The summed E-state index contributed by atoms with van der Waals surface area (Å²) in [6.07, 6.45) is 6.88. The first kappa shape index (κ1) is 15.3. The first-order valence-electron chi connectivity index (χ1n) is 7.11. The summed E-state index contributed by atoms with van der Waals surface area (Å²) >= 11 is 5.61. The van der Waals surface area contributed by atoms with Crippen LogP contribution in [-0.4, -0.2) is 43.1 Å². The molecule has 0 aromatic heterocycles. The third-order valence-electron chi connectivity index (χ3n) is 3.58. The number of alkyl halides is 1. The van der Waals surface area contributed by atoms with Gasteiger partial charge in [-0.15, -0.1) is 11.6 Å². The van der Waals surface area contributed by atoms with Crippen molar-refractivity contribution in [3.8, 4) is 0 Å². The topological polar surface area (TPSA) is 12.5 Å². The van der Waals surface area contributed by atoms with Crippen molar-refractivity contribution in [3.63, 3.8) is 0 Å². The van der Waals surface area contributed by atoms with Crippen molar-refractivity contribution < 1.29 is 4.74 Å². The lowest BCUT2D eigenvalue weighted by atomic mass is 10.1. The zero-order valence-electron chi connectivity index (χ0n) is 11.5. The molecule has 17 heavy (non-hydrogen) atoms. The molecule has 0 N–H and O–H groups in total. The Morgan fingerprint density at radius 2 is 1.88 bits per heavy atom. The average Bonchev–Trinajstić information content (AvgIpc) is 2.81. The molecular weight excluding hydrogens is 234 g/mol. The van der Waals surface area contributed by atoms with Gasteiger partial charge in [0.2, 0.25) is 0 Å². The van der Waals surface area contributed by atoms with E-state index in [4.69, 9.17) is 16.3 Å². The van der Waals surface area contributed by atoms with E-state index in [9.17, 15) is 0 Å². The van der Waals surface area contributed by atoms with Crippen molar-refractivity contribution in [2.45, 2.75) is 52.0 Å². The lowest BCUT2D eigenvalue weighted by Crippen LogP contribution is -2.37. The number of hydrogen-bond donors (Lipinski definition) is 0. The molecule has 0 aromatic carbocycles. The van der Waals surface area contributed by atoms with Crippen LogP contribution in [0.3, 0.4) is 0 Å². The van der Waals surface area contributed by atoms with Crippen LogP contribution in [0.1, 0.15) is 46.0 Å². The van der Waals surface area contributed by atoms with E-state index in [1.165, 1.54) is 38.6 Å². The number of halogens is 1. The largest absolute Gasteiger partial charge is 0.379 e. The van der Waals surface area contributed by atoms with Crippen LogP contribution in [0, 0.1) is 5.92 Å². The Morgan fingerprint density at radius 3 is 2.47 bits per heavy atom. The lowest BCUT2D eigenvalue weighted by Gasteiger charge is -2.29. The minimum atomic E-state index is 0.607. The fourth-order valence-electron chi connectivity index (χ4n) is 2.51. The van der Waals surface area contributed by atoms with Gasteiger partial charge < -0.3 is 4.74 Å². The smallest absolute Gasteiger partial charge is 0.0602 e. The molecule has 1 aliphatic carbocycles. The number of nitrogens with zero attached hydrogens (tertiary/aromatic N) is 1. The summed E-state index contributed by atoms with van der Waals surface area (Å²) in [4.78, 5) is 2.64. The minimum absolute atomic E-state index is 0.607. The van der Waals surface area contributed by atoms with E-state index in [-0.39, 0.29) is 0 Å². The summed E-state index contributed by atoms with van der Waals surface area (Å²) in [5.41, 5.74) is 0. The third kappa shape index (κ3) is 6.64. The molecule has 102 valence electrons. The highest BCUT2D eigenvalue weighted by Crippen LogP contribution is 2.23. The Bertz CT molecular complexity index is 181. The maximum Gasteiger partial charge on any atom is 0.0602 e. The summed E-state index contributed by atoms with van der Waals surface area (Å²) in [6.45, 7) is 8.43. The van der Waals surface area contributed by atoms with Gasteiger partial charge in [-0.1, -0.05) is 26.7 Å². The number of ether oxygens (including phenoxy) is 1. The van der Waals surface area contributed by atoms with Crippen LogP contribution < -0.4 is 0 Å². The van der Waals surface area contributed by atoms with Gasteiger partial charge in [0.25, 0.3) is 0 Å². The van der Waals surface area contributed by atoms with Crippen LogP contribution in [-0.2, 0) is 4.74 Å². The lowest BCUT2D eigenvalue weighted by molar-refractivity contribution is 0.0930. The molecule has 0 heterocycles. The van der Waals surface area contributed by atoms with Gasteiger partial charge in [-0.2, -0.15) is 0 Å². The first-order valence-corrected chi connectivity index (χ1v) is 7.65. The Balaban J connectivity index is 2.24. The van der Waals surface area contributed by atoms with E-state index in [0.29, 0.717) is 12.5 Å². The average molecular weight is 262 g/mol. The molecule has 0 aliphatic heterocycles. The second-order valence-electron chi connectivity index (χ2n) is 5.46. The Kier molecular flexibility index (Phi) is 8.25. The summed E-state index contributed by atoms with van der Waals surface area (Å²) in [6, 6.07) is 0.813. The Morgan fingerprint density at radius 1 is 1.18 bits per heavy atom. The quantitative estimate of drug-likeness (QED) is 0.465. The zero-order chi connectivity index (χ0) is 12.5.